The van der Waals surface area contributed by atoms with Crippen LogP contribution in [0.15, 0.2) is 30.2 Å². The molecule has 19 heavy (non-hydrogen) atoms. The lowest BCUT2D eigenvalue weighted by atomic mass is 10.2. The maximum Gasteiger partial charge on any atom is 0.179 e. The molecule has 1 aromatic carbocycles. The van der Waals surface area contributed by atoms with E-state index in [2.05, 4.69) is 26.1 Å². The molecule has 0 saturated heterocycles. The molecular weight excluding hydrogens is 371 g/mol. The minimum Gasteiger partial charge on any atom is -0.384 e. The summed E-state index contributed by atoms with van der Waals surface area (Å²) in [6.07, 6.45) is 1.91. The van der Waals surface area contributed by atoms with Crippen LogP contribution < -0.4 is 5.73 Å². The number of nitrogens with one attached hydrogen (secondary N) is 1. The summed E-state index contributed by atoms with van der Waals surface area (Å²) in [5.74, 6) is -0.624. The number of nitrogen functional groups attached to an aromatic ring is 1. The Kier molecular flexibility index (Phi) is 4.82. The summed E-state index contributed by atoms with van der Waals surface area (Å²) in [6.45, 7) is 0. The third kappa shape index (κ3) is 3.28. The van der Waals surface area contributed by atoms with Crippen LogP contribution in [0.25, 0.3) is 0 Å². The van der Waals surface area contributed by atoms with Gasteiger partial charge in [0.15, 0.2) is 14.5 Å². The van der Waals surface area contributed by atoms with E-state index in [4.69, 9.17) is 11.1 Å². The Hall–Kier alpha value is -0.640. The van der Waals surface area contributed by atoms with Gasteiger partial charge in [-0.1, -0.05) is 34.9 Å². The van der Waals surface area contributed by atoms with Crippen LogP contribution >= 0.6 is 50.8 Å². The van der Waals surface area contributed by atoms with Crippen molar-refractivity contribution in [1.82, 2.24) is 10.2 Å². The Bertz CT molecular complexity index is 631. The molecule has 4 nitrogen and oxygen atoms in total. The second kappa shape index (κ2) is 6.21. The Morgan fingerprint density at radius 3 is 2.68 bits per heavy atom. The SMILES string of the molecule is CSc1nnc(Sc2ccc(C(=N)N)c(Br)c2F)s1. The third-order valence-electron chi connectivity index (χ3n) is 2.10. The van der Waals surface area contributed by atoms with Crippen molar-refractivity contribution >= 4 is 56.6 Å². The zero-order valence-electron chi connectivity index (χ0n) is 9.61. The summed E-state index contributed by atoms with van der Waals surface area (Å²) in [5.41, 5.74) is 5.70. The van der Waals surface area contributed by atoms with Crippen molar-refractivity contribution in [2.45, 2.75) is 13.6 Å². The molecule has 1 aromatic heterocycles. The number of rotatable bonds is 4. The van der Waals surface area contributed by atoms with E-state index < -0.39 is 5.82 Å². The Labute approximate surface area is 130 Å². The molecule has 0 spiro atoms. The van der Waals surface area contributed by atoms with Gasteiger partial charge in [0.1, 0.15) is 5.84 Å². The lowest BCUT2D eigenvalue weighted by molar-refractivity contribution is 0.594. The topological polar surface area (TPSA) is 75.7 Å². The number of aromatic nitrogens is 2. The van der Waals surface area contributed by atoms with Gasteiger partial charge in [-0.15, -0.1) is 10.2 Å². The number of halogens is 2. The van der Waals surface area contributed by atoms with Crippen LogP contribution in [0.4, 0.5) is 4.39 Å². The van der Waals surface area contributed by atoms with Crippen molar-refractivity contribution < 1.29 is 4.39 Å². The molecule has 2 aromatic rings. The van der Waals surface area contributed by atoms with Gasteiger partial charge in [0, 0.05) is 5.56 Å². The van der Waals surface area contributed by atoms with E-state index in [0.717, 1.165) is 4.34 Å². The van der Waals surface area contributed by atoms with Gasteiger partial charge < -0.3 is 5.73 Å². The van der Waals surface area contributed by atoms with Crippen LogP contribution in [0, 0.1) is 11.2 Å². The van der Waals surface area contributed by atoms with Gasteiger partial charge in [-0.2, -0.15) is 0 Å². The van der Waals surface area contributed by atoms with Crippen LogP contribution in [0.1, 0.15) is 5.56 Å². The van der Waals surface area contributed by atoms with Gasteiger partial charge in [-0.3, -0.25) is 5.41 Å². The first-order chi connectivity index (χ1) is 9.02. The second-order valence-corrected chi connectivity index (χ2v) is 7.41. The third-order valence-corrected chi connectivity index (χ3v) is 5.86. The number of hydrogen-bond acceptors (Lipinski definition) is 6. The summed E-state index contributed by atoms with van der Waals surface area (Å²) in [7, 11) is 0. The lowest BCUT2D eigenvalue weighted by Crippen LogP contribution is -2.12. The molecule has 0 unspecified atom stereocenters. The van der Waals surface area contributed by atoms with Gasteiger partial charge in [-0.25, -0.2) is 4.39 Å². The molecule has 0 bridgehead atoms. The molecule has 0 aliphatic rings. The summed E-state index contributed by atoms with van der Waals surface area (Å²) in [5, 5.41) is 15.3. The standard InChI is InChI=1S/C10H8BrFN4S3/c1-17-9-15-16-10(19-9)18-5-3-2-4(8(13)14)6(11)7(5)12/h2-3H,1H3,(H3,13,14). The average Bonchev–Trinajstić information content (AvgIpc) is 2.82. The average molecular weight is 379 g/mol. The molecule has 0 radical (unpaired) electrons. The highest BCUT2D eigenvalue weighted by molar-refractivity contribution is 9.10. The van der Waals surface area contributed by atoms with E-state index in [1.807, 2.05) is 6.26 Å². The summed E-state index contributed by atoms with van der Waals surface area (Å²) in [4.78, 5) is 0.417. The summed E-state index contributed by atoms with van der Waals surface area (Å²) in [6, 6.07) is 3.19. The molecule has 2 rings (SSSR count). The van der Waals surface area contributed by atoms with Crippen LogP contribution in [0.5, 0.6) is 0 Å². The Morgan fingerprint density at radius 1 is 1.42 bits per heavy atom. The first kappa shape index (κ1) is 14.8. The summed E-state index contributed by atoms with van der Waals surface area (Å²) < 4.78 is 15.8. The lowest BCUT2D eigenvalue weighted by Gasteiger charge is -2.06. The quantitative estimate of drug-likeness (QED) is 0.482. The van der Waals surface area contributed by atoms with Crippen LogP contribution in [-0.2, 0) is 0 Å². The fourth-order valence-electron chi connectivity index (χ4n) is 1.23. The van der Waals surface area contributed by atoms with Crippen molar-refractivity contribution in [2.24, 2.45) is 5.73 Å². The largest absolute Gasteiger partial charge is 0.384 e. The Balaban J connectivity index is 2.31. The maximum absolute atomic E-state index is 14.1. The van der Waals surface area contributed by atoms with Crippen molar-refractivity contribution in [3.8, 4) is 0 Å². The molecule has 1 heterocycles. The van der Waals surface area contributed by atoms with Gasteiger partial charge in [-0.05, 0) is 34.3 Å². The van der Waals surface area contributed by atoms with E-state index in [0.29, 0.717) is 14.8 Å². The smallest absolute Gasteiger partial charge is 0.179 e. The monoisotopic (exact) mass is 378 g/mol. The van der Waals surface area contributed by atoms with Crippen LogP contribution in [0.2, 0.25) is 0 Å². The number of nitrogens with two attached hydrogens (primary N) is 1. The first-order valence-electron chi connectivity index (χ1n) is 4.90. The van der Waals surface area contributed by atoms with Crippen LogP contribution in [0.3, 0.4) is 0 Å². The van der Waals surface area contributed by atoms with E-state index >= 15 is 0 Å². The van der Waals surface area contributed by atoms with Crippen molar-refractivity contribution in [3.05, 3.63) is 28.0 Å². The number of nitrogens with zero attached hydrogens (tertiary/aromatic N) is 2. The van der Waals surface area contributed by atoms with E-state index in [-0.39, 0.29) is 10.3 Å². The van der Waals surface area contributed by atoms with Crippen molar-refractivity contribution in [1.29, 1.82) is 5.41 Å². The number of benzene rings is 1. The highest BCUT2D eigenvalue weighted by Gasteiger charge is 2.15. The van der Waals surface area contributed by atoms with Crippen molar-refractivity contribution in [3.63, 3.8) is 0 Å². The van der Waals surface area contributed by atoms with E-state index in [1.165, 1.54) is 34.9 Å². The zero-order chi connectivity index (χ0) is 14.0. The molecular formula is C10H8BrFN4S3. The highest BCUT2D eigenvalue weighted by atomic mass is 79.9. The minimum atomic E-state index is -0.446. The zero-order valence-corrected chi connectivity index (χ0v) is 13.6. The van der Waals surface area contributed by atoms with E-state index in [1.54, 1.807) is 12.1 Å². The van der Waals surface area contributed by atoms with Crippen molar-refractivity contribution in [2.75, 3.05) is 6.26 Å². The molecule has 0 amide bonds. The predicted molar refractivity (Wildman–Crippen MR) is 80.9 cm³/mol. The molecule has 100 valence electrons. The normalized spacial score (nSPS) is 10.7. The van der Waals surface area contributed by atoms with Gasteiger partial charge in [0.25, 0.3) is 0 Å². The molecule has 9 heteroatoms. The molecule has 0 saturated carbocycles. The molecule has 0 aliphatic heterocycles. The van der Waals surface area contributed by atoms with Gasteiger partial charge in [0.05, 0.1) is 9.37 Å². The summed E-state index contributed by atoms with van der Waals surface area (Å²) >= 11 is 7.22. The Morgan fingerprint density at radius 2 is 2.11 bits per heavy atom. The molecule has 3 N–H and O–H groups in total. The number of thioether (sulfide) groups is 1. The number of hydrogen-bond donors (Lipinski definition) is 2. The highest BCUT2D eigenvalue weighted by Crippen LogP contribution is 2.36. The molecule has 0 fully saturated rings. The number of amidine groups is 1. The van der Waals surface area contributed by atoms with E-state index in [9.17, 15) is 4.39 Å². The molecule has 0 aliphatic carbocycles. The van der Waals surface area contributed by atoms with Crippen LogP contribution in [-0.4, -0.2) is 22.3 Å². The fourth-order valence-corrected chi connectivity index (χ4v) is 4.36. The first-order valence-corrected chi connectivity index (χ1v) is 8.55. The molecule has 0 atom stereocenters. The van der Waals surface area contributed by atoms with Gasteiger partial charge >= 0.3 is 0 Å². The second-order valence-electron chi connectivity index (χ2n) is 3.29. The van der Waals surface area contributed by atoms with Gasteiger partial charge in [0.2, 0.25) is 0 Å². The fraction of sp³-hybridized carbons (Fsp3) is 0.100. The minimum absolute atomic E-state index is 0.178. The maximum atomic E-state index is 14.1. The predicted octanol–water partition coefficient (Wildman–Crippen LogP) is 3.60.